The van der Waals surface area contributed by atoms with Gasteiger partial charge in [-0.2, -0.15) is 13.9 Å². The van der Waals surface area contributed by atoms with Crippen molar-refractivity contribution >= 4 is 22.4 Å². The van der Waals surface area contributed by atoms with Gasteiger partial charge in [-0.3, -0.25) is 4.79 Å². The Morgan fingerprint density at radius 3 is 2.73 bits per heavy atom. The molecule has 0 spiro atoms. The zero-order valence-electron chi connectivity index (χ0n) is 18.9. The summed E-state index contributed by atoms with van der Waals surface area (Å²) in [6.07, 6.45) is 1.58. The molecule has 0 saturated carbocycles. The van der Waals surface area contributed by atoms with Crippen LogP contribution in [0.5, 0.6) is 0 Å². The number of pyridine rings is 1. The molecule has 0 amide bonds. The maximum absolute atomic E-state index is 14.3. The van der Waals surface area contributed by atoms with Crippen molar-refractivity contribution in [1.29, 1.82) is 0 Å². The van der Waals surface area contributed by atoms with E-state index in [0.29, 0.717) is 22.2 Å². The van der Waals surface area contributed by atoms with Crippen LogP contribution in [-0.2, 0) is 17.7 Å². The summed E-state index contributed by atoms with van der Waals surface area (Å²) < 4.78 is 34.6. The van der Waals surface area contributed by atoms with E-state index in [1.54, 1.807) is 25.4 Å². The first-order valence-electron chi connectivity index (χ1n) is 10.9. The molecule has 1 fully saturated rings. The molecule has 0 aliphatic carbocycles. The van der Waals surface area contributed by atoms with Crippen LogP contribution in [0.1, 0.15) is 24.1 Å². The number of nitrogens with zero attached hydrogens (tertiary/aromatic N) is 4. The summed E-state index contributed by atoms with van der Waals surface area (Å²) in [5, 5.41) is 12.1. The Labute approximate surface area is 190 Å². The second-order valence-electron chi connectivity index (χ2n) is 8.23. The summed E-state index contributed by atoms with van der Waals surface area (Å²) in [5.74, 6) is -1.82. The van der Waals surface area contributed by atoms with Crippen molar-refractivity contribution in [3.05, 3.63) is 58.0 Å². The SMILES string of the molecule is COCC(F)(F)c1cccc(C(C)Nc2nn(C)c(=O)c3cnc(N4CCNCC4)cc23)c1. The van der Waals surface area contributed by atoms with Crippen LogP contribution in [0.15, 0.2) is 41.3 Å². The van der Waals surface area contributed by atoms with Crippen LogP contribution in [0.3, 0.4) is 0 Å². The number of methoxy groups -OCH3 is 1. The van der Waals surface area contributed by atoms with E-state index in [2.05, 4.69) is 30.4 Å². The fraction of sp³-hybridized carbons (Fsp3) is 0.435. The number of aryl methyl sites for hydroxylation is 1. The lowest BCUT2D eigenvalue weighted by Gasteiger charge is -2.28. The van der Waals surface area contributed by atoms with Gasteiger partial charge in [-0.25, -0.2) is 9.67 Å². The number of hydrogen-bond acceptors (Lipinski definition) is 7. The molecule has 1 atom stereocenters. The topological polar surface area (TPSA) is 84.3 Å². The molecule has 0 bridgehead atoms. The lowest BCUT2D eigenvalue weighted by Crippen LogP contribution is -2.43. The standard InChI is InChI=1S/C23H28F2N6O2/c1-15(16-5-4-6-17(11-16)23(24,25)14-33-3)28-21-18-12-20(31-9-7-26-8-10-31)27-13-19(18)22(32)30(2)29-21/h4-6,11-13,15,26H,7-10,14H2,1-3H3,(H,28,29). The van der Waals surface area contributed by atoms with Gasteiger partial charge in [0.25, 0.3) is 11.5 Å². The Morgan fingerprint density at radius 2 is 2.00 bits per heavy atom. The Hall–Kier alpha value is -3.11. The van der Waals surface area contributed by atoms with Crippen LogP contribution in [0, 0.1) is 0 Å². The predicted molar refractivity (Wildman–Crippen MR) is 124 cm³/mol. The van der Waals surface area contributed by atoms with E-state index in [1.165, 1.54) is 23.9 Å². The first-order valence-corrected chi connectivity index (χ1v) is 10.9. The molecular formula is C23H28F2N6O2. The van der Waals surface area contributed by atoms with Crippen LogP contribution in [-0.4, -0.2) is 54.7 Å². The third-order valence-electron chi connectivity index (χ3n) is 5.85. The maximum Gasteiger partial charge on any atom is 0.296 e. The minimum atomic E-state index is -3.09. The summed E-state index contributed by atoms with van der Waals surface area (Å²) in [5.41, 5.74) is 0.311. The summed E-state index contributed by atoms with van der Waals surface area (Å²) in [6.45, 7) is 4.54. The second kappa shape index (κ2) is 9.40. The Kier molecular flexibility index (Phi) is 6.57. The van der Waals surface area contributed by atoms with Crippen molar-refractivity contribution in [3.8, 4) is 0 Å². The third kappa shape index (κ3) is 4.81. The molecule has 1 saturated heterocycles. The maximum atomic E-state index is 14.3. The number of nitrogens with one attached hydrogen (secondary N) is 2. The van der Waals surface area contributed by atoms with Gasteiger partial charge < -0.3 is 20.3 Å². The van der Waals surface area contributed by atoms with Crippen LogP contribution in [0.25, 0.3) is 10.8 Å². The second-order valence-corrected chi connectivity index (χ2v) is 8.23. The van der Waals surface area contributed by atoms with E-state index in [0.717, 1.165) is 32.0 Å². The molecule has 176 valence electrons. The smallest absolute Gasteiger partial charge is 0.296 e. The third-order valence-corrected chi connectivity index (χ3v) is 5.85. The van der Waals surface area contributed by atoms with E-state index < -0.39 is 12.5 Å². The molecule has 4 rings (SSSR count). The monoisotopic (exact) mass is 458 g/mol. The Morgan fingerprint density at radius 1 is 1.24 bits per heavy atom. The number of piperazine rings is 1. The fourth-order valence-corrected chi connectivity index (χ4v) is 4.00. The molecule has 2 aromatic heterocycles. The predicted octanol–water partition coefficient (Wildman–Crippen LogP) is 2.65. The van der Waals surface area contributed by atoms with Gasteiger partial charge in [0.1, 0.15) is 12.4 Å². The molecule has 1 aliphatic heterocycles. The summed E-state index contributed by atoms with van der Waals surface area (Å²) >= 11 is 0. The van der Waals surface area contributed by atoms with Crippen LogP contribution in [0.4, 0.5) is 20.4 Å². The zero-order valence-corrected chi connectivity index (χ0v) is 18.9. The van der Waals surface area contributed by atoms with Crippen LogP contribution in [0.2, 0.25) is 0 Å². The Balaban J connectivity index is 1.69. The average molecular weight is 459 g/mol. The van der Waals surface area contributed by atoms with Crippen LogP contribution >= 0.6 is 0 Å². The van der Waals surface area contributed by atoms with E-state index in [1.807, 2.05) is 13.0 Å². The molecule has 33 heavy (non-hydrogen) atoms. The lowest BCUT2D eigenvalue weighted by atomic mass is 10.0. The van der Waals surface area contributed by atoms with E-state index in [9.17, 15) is 13.6 Å². The molecule has 0 radical (unpaired) electrons. The molecule has 1 unspecified atom stereocenters. The highest BCUT2D eigenvalue weighted by Gasteiger charge is 2.32. The van der Waals surface area contributed by atoms with Gasteiger partial charge in [-0.05, 0) is 24.6 Å². The van der Waals surface area contributed by atoms with Gasteiger partial charge in [0.2, 0.25) is 0 Å². The number of alkyl halides is 2. The highest BCUT2D eigenvalue weighted by atomic mass is 19.3. The number of hydrogen-bond donors (Lipinski definition) is 2. The largest absolute Gasteiger partial charge is 0.378 e. The summed E-state index contributed by atoms with van der Waals surface area (Å²) in [7, 11) is 2.83. The zero-order chi connectivity index (χ0) is 23.6. The van der Waals surface area contributed by atoms with Crippen molar-refractivity contribution in [3.63, 3.8) is 0 Å². The summed E-state index contributed by atoms with van der Waals surface area (Å²) in [6, 6.07) is 7.77. The van der Waals surface area contributed by atoms with Crippen molar-refractivity contribution in [1.82, 2.24) is 20.1 Å². The highest BCUT2D eigenvalue weighted by Crippen LogP contribution is 2.31. The Bertz CT molecular complexity index is 1190. The first kappa shape index (κ1) is 23.1. The number of fused-ring (bicyclic) bond motifs is 1. The number of anilines is 2. The minimum absolute atomic E-state index is 0.112. The highest BCUT2D eigenvalue weighted by molar-refractivity contribution is 5.92. The molecule has 2 N–H and O–H groups in total. The lowest BCUT2D eigenvalue weighted by molar-refractivity contribution is -0.0698. The first-order chi connectivity index (χ1) is 15.8. The van der Waals surface area contributed by atoms with Gasteiger partial charge in [0, 0.05) is 57.5 Å². The van der Waals surface area contributed by atoms with E-state index in [4.69, 9.17) is 0 Å². The van der Waals surface area contributed by atoms with E-state index in [-0.39, 0.29) is 17.2 Å². The van der Waals surface area contributed by atoms with Gasteiger partial charge in [-0.15, -0.1) is 0 Å². The molecule has 3 heterocycles. The molecule has 10 heteroatoms. The van der Waals surface area contributed by atoms with Crippen molar-refractivity contribution in [2.45, 2.75) is 18.9 Å². The molecule has 8 nitrogen and oxygen atoms in total. The van der Waals surface area contributed by atoms with Gasteiger partial charge in [-0.1, -0.05) is 18.2 Å². The van der Waals surface area contributed by atoms with Crippen molar-refractivity contribution < 1.29 is 13.5 Å². The number of ether oxygens (including phenoxy) is 1. The number of halogens is 2. The number of rotatable bonds is 7. The molecule has 1 aliphatic rings. The van der Waals surface area contributed by atoms with Gasteiger partial charge in [0.15, 0.2) is 5.82 Å². The molecule has 3 aromatic rings. The number of benzene rings is 1. The van der Waals surface area contributed by atoms with E-state index >= 15 is 0 Å². The normalized spacial score (nSPS) is 15.6. The van der Waals surface area contributed by atoms with Gasteiger partial charge in [0.05, 0.1) is 11.4 Å². The average Bonchev–Trinajstić information content (AvgIpc) is 2.82. The summed E-state index contributed by atoms with van der Waals surface area (Å²) in [4.78, 5) is 19.3. The molecule has 1 aromatic carbocycles. The van der Waals surface area contributed by atoms with Crippen molar-refractivity contribution in [2.24, 2.45) is 7.05 Å². The fourth-order valence-electron chi connectivity index (χ4n) is 4.00. The quantitative estimate of drug-likeness (QED) is 0.563. The van der Waals surface area contributed by atoms with Gasteiger partial charge >= 0.3 is 0 Å². The molecular weight excluding hydrogens is 430 g/mol. The van der Waals surface area contributed by atoms with Crippen LogP contribution < -0.4 is 21.1 Å². The number of aromatic nitrogens is 3. The van der Waals surface area contributed by atoms with Crippen molar-refractivity contribution in [2.75, 3.05) is 50.1 Å². The minimum Gasteiger partial charge on any atom is -0.378 e.